The lowest BCUT2D eigenvalue weighted by Crippen LogP contribution is -2.27. The Labute approximate surface area is 197 Å². The maximum Gasteiger partial charge on any atom is 0.270 e. The predicted molar refractivity (Wildman–Crippen MR) is 130 cm³/mol. The van der Waals surface area contributed by atoms with E-state index in [1.807, 2.05) is 25.1 Å². The number of aromatic amines is 1. The number of rotatable bonds is 10. The maximum atomic E-state index is 13.0. The number of halogens is 1. The van der Waals surface area contributed by atoms with E-state index in [0.717, 1.165) is 47.7 Å². The van der Waals surface area contributed by atoms with E-state index in [4.69, 9.17) is 21.3 Å². The average Bonchev–Trinajstić information content (AvgIpc) is 3.39. The molecule has 1 aromatic carbocycles. The number of imidazole rings is 2. The first kappa shape index (κ1) is 23.2. The van der Waals surface area contributed by atoms with Crippen LogP contribution in [-0.2, 0) is 24.2 Å². The molecule has 1 amide bonds. The number of aromatic nitrogens is 4. The van der Waals surface area contributed by atoms with Crippen molar-refractivity contribution in [3.8, 4) is 0 Å². The number of ether oxygens (including phenoxy) is 1. The molecule has 9 heteroatoms. The Balaban J connectivity index is 1.47. The molecular formula is C24H29ClN6O2. The molecule has 33 heavy (non-hydrogen) atoms. The van der Waals surface area contributed by atoms with Gasteiger partial charge in [0.2, 0.25) is 0 Å². The van der Waals surface area contributed by atoms with Gasteiger partial charge in [0.1, 0.15) is 17.2 Å². The van der Waals surface area contributed by atoms with Crippen molar-refractivity contribution in [1.29, 1.82) is 0 Å². The van der Waals surface area contributed by atoms with Crippen molar-refractivity contribution >= 4 is 34.2 Å². The lowest BCUT2D eigenvalue weighted by atomic mass is 10.2. The fourth-order valence-electron chi connectivity index (χ4n) is 3.90. The summed E-state index contributed by atoms with van der Waals surface area (Å²) in [4.78, 5) is 28.0. The number of carbonyl (C=O) groups excluding carboxylic acids is 1. The van der Waals surface area contributed by atoms with Gasteiger partial charge in [-0.1, -0.05) is 31.5 Å². The third-order valence-electron chi connectivity index (χ3n) is 5.69. The van der Waals surface area contributed by atoms with Gasteiger partial charge in [0.15, 0.2) is 0 Å². The van der Waals surface area contributed by atoms with Crippen LogP contribution in [0.4, 0.5) is 0 Å². The second-order valence-electron chi connectivity index (χ2n) is 7.91. The zero-order valence-corrected chi connectivity index (χ0v) is 19.9. The number of likely N-dealkylation sites (N-methyl/N-ethyl adjacent to an activating group) is 1. The number of nitrogens with one attached hydrogen (secondary N) is 2. The normalized spacial score (nSPS) is 11.7. The number of hydrogen-bond donors (Lipinski definition) is 2. The molecule has 0 aliphatic carbocycles. The van der Waals surface area contributed by atoms with Crippen LogP contribution in [0.15, 0.2) is 36.5 Å². The van der Waals surface area contributed by atoms with Crippen LogP contribution in [0.2, 0.25) is 5.02 Å². The Kier molecular flexibility index (Phi) is 7.27. The Bertz CT molecular complexity index is 1260. The van der Waals surface area contributed by atoms with Crippen molar-refractivity contribution in [2.45, 2.75) is 33.4 Å². The second kappa shape index (κ2) is 10.3. The molecule has 0 atom stereocenters. The van der Waals surface area contributed by atoms with Crippen molar-refractivity contribution in [1.82, 2.24) is 29.6 Å². The van der Waals surface area contributed by atoms with Crippen molar-refractivity contribution in [2.75, 3.05) is 26.8 Å². The van der Waals surface area contributed by atoms with Gasteiger partial charge in [-0.05, 0) is 36.7 Å². The minimum atomic E-state index is -0.163. The molecule has 2 N–H and O–H groups in total. The third kappa shape index (κ3) is 5.19. The van der Waals surface area contributed by atoms with Gasteiger partial charge in [0.25, 0.3) is 5.91 Å². The molecule has 8 nitrogen and oxygen atoms in total. The minimum absolute atomic E-state index is 0.163. The van der Waals surface area contributed by atoms with Crippen molar-refractivity contribution in [2.24, 2.45) is 0 Å². The number of hydrogen-bond acceptors (Lipinski definition) is 5. The van der Waals surface area contributed by atoms with Crippen LogP contribution in [0.1, 0.15) is 41.4 Å². The van der Waals surface area contributed by atoms with E-state index < -0.39 is 0 Å². The van der Waals surface area contributed by atoms with E-state index in [9.17, 15) is 4.79 Å². The molecule has 3 heterocycles. The lowest BCUT2D eigenvalue weighted by Gasteiger charge is -2.18. The van der Waals surface area contributed by atoms with Crippen LogP contribution in [0, 0.1) is 0 Å². The van der Waals surface area contributed by atoms with E-state index in [1.165, 1.54) is 0 Å². The zero-order valence-electron chi connectivity index (χ0n) is 19.2. The molecule has 0 aliphatic rings. The highest BCUT2D eigenvalue weighted by Crippen LogP contribution is 2.19. The molecule has 0 fully saturated rings. The first-order chi connectivity index (χ1) is 16.0. The number of carbonyl (C=O) groups is 1. The molecular weight excluding hydrogens is 440 g/mol. The molecule has 0 saturated heterocycles. The van der Waals surface area contributed by atoms with Crippen LogP contribution in [0.3, 0.4) is 0 Å². The molecule has 0 bridgehead atoms. The molecule has 0 saturated carbocycles. The molecule has 0 radical (unpaired) electrons. The summed E-state index contributed by atoms with van der Waals surface area (Å²) in [6, 6.07) is 9.52. The van der Waals surface area contributed by atoms with E-state index in [2.05, 4.69) is 27.1 Å². The lowest BCUT2D eigenvalue weighted by molar-refractivity contribution is 0.0944. The number of amides is 1. The molecule has 3 aromatic heterocycles. The van der Waals surface area contributed by atoms with Gasteiger partial charge in [-0.15, -0.1) is 0 Å². The third-order valence-corrected chi connectivity index (χ3v) is 5.93. The van der Waals surface area contributed by atoms with Crippen molar-refractivity contribution in [3.63, 3.8) is 0 Å². The minimum Gasteiger partial charge on any atom is -0.383 e. The first-order valence-corrected chi connectivity index (χ1v) is 11.5. The summed E-state index contributed by atoms with van der Waals surface area (Å²) in [5, 5.41) is 3.62. The van der Waals surface area contributed by atoms with Crippen LogP contribution in [0.25, 0.3) is 16.7 Å². The second-order valence-corrected chi connectivity index (χ2v) is 8.35. The Hall–Kier alpha value is -2.94. The molecule has 0 aliphatic heterocycles. The molecule has 0 spiro atoms. The van der Waals surface area contributed by atoms with Gasteiger partial charge in [-0.2, -0.15) is 0 Å². The number of nitrogens with zero attached hydrogens (tertiary/aromatic N) is 4. The monoisotopic (exact) mass is 468 g/mol. The quantitative estimate of drug-likeness (QED) is 0.369. The maximum absolute atomic E-state index is 13.0. The van der Waals surface area contributed by atoms with Gasteiger partial charge >= 0.3 is 0 Å². The summed E-state index contributed by atoms with van der Waals surface area (Å²) in [5.41, 5.74) is 4.82. The van der Waals surface area contributed by atoms with E-state index in [0.29, 0.717) is 35.9 Å². The van der Waals surface area contributed by atoms with E-state index >= 15 is 0 Å². The van der Waals surface area contributed by atoms with Crippen LogP contribution in [-0.4, -0.2) is 57.0 Å². The predicted octanol–water partition coefficient (Wildman–Crippen LogP) is 3.82. The summed E-state index contributed by atoms with van der Waals surface area (Å²) < 4.78 is 6.97. The van der Waals surface area contributed by atoms with Gasteiger partial charge in [0.05, 0.1) is 29.9 Å². The summed E-state index contributed by atoms with van der Waals surface area (Å²) in [5.74, 6) is 0.755. The molecule has 174 valence electrons. The fourth-order valence-corrected chi connectivity index (χ4v) is 4.05. The van der Waals surface area contributed by atoms with Gasteiger partial charge in [0, 0.05) is 37.5 Å². The van der Waals surface area contributed by atoms with Gasteiger partial charge in [-0.3, -0.25) is 14.1 Å². The van der Waals surface area contributed by atoms with Crippen molar-refractivity contribution in [3.05, 3.63) is 64.3 Å². The smallest absolute Gasteiger partial charge is 0.270 e. The van der Waals surface area contributed by atoms with Crippen LogP contribution < -0.4 is 5.32 Å². The molecule has 0 unspecified atom stereocenters. The molecule has 4 aromatic rings. The number of methoxy groups -OCH3 is 1. The first-order valence-electron chi connectivity index (χ1n) is 11.2. The highest BCUT2D eigenvalue weighted by atomic mass is 35.5. The van der Waals surface area contributed by atoms with Gasteiger partial charge < -0.3 is 15.0 Å². The number of pyridine rings is 1. The fraction of sp³-hybridized carbons (Fsp3) is 0.375. The SMILES string of the molecule is CCc1nc2cc(Cl)ccn2c1C(=O)NCc1ccc2nc(CN(CC)CCOC)[nH]c2c1. The van der Waals surface area contributed by atoms with Gasteiger partial charge in [-0.25, -0.2) is 9.97 Å². The van der Waals surface area contributed by atoms with Crippen LogP contribution in [0.5, 0.6) is 0 Å². The Morgan fingerprint density at radius 3 is 2.85 bits per heavy atom. The summed E-state index contributed by atoms with van der Waals surface area (Å²) in [7, 11) is 1.71. The Morgan fingerprint density at radius 2 is 2.09 bits per heavy atom. The number of benzene rings is 1. The number of fused-ring (bicyclic) bond motifs is 2. The van der Waals surface area contributed by atoms with Crippen LogP contribution >= 0.6 is 11.6 Å². The van der Waals surface area contributed by atoms with E-state index in [1.54, 1.807) is 29.8 Å². The number of H-pyrrole nitrogens is 1. The van der Waals surface area contributed by atoms with E-state index in [-0.39, 0.29) is 5.91 Å². The average molecular weight is 469 g/mol. The van der Waals surface area contributed by atoms with Crippen molar-refractivity contribution < 1.29 is 9.53 Å². The highest BCUT2D eigenvalue weighted by molar-refractivity contribution is 6.30. The summed E-state index contributed by atoms with van der Waals surface area (Å²) in [6.07, 6.45) is 2.44. The molecule has 4 rings (SSSR count). The topological polar surface area (TPSA) is 87.6 Å². The zero-order chi connectivity index (χ0) is 23.4. The number of aryl methyl sites for hydroxylation is 1. The highest BCUT2D eigenvalue weighted by Gasteiger charge is 2.18. The largest absolute Gasteiger partial charge is 0.383 e. The summed E-state index contributed by atoms with van der Waals surface area (Å²) >= 11 is 6.08. The summed E-state index contributed by atoms with van der Waals surface area (Å²) in [6.45, 7) is 7.72. The standard InChI is InChI=1S/C24H29ClN6O2/c1-4-18-23(31-9-8-17(25)13-22(31)29-18)24(32)26-14-16-6-7-19-20(12-16)28-21(27-19)15-30(5-2)10-11-33-3/h6-9,12-13H,4-5,10-11,14-15H2,1-3H3,(H,26,32)(H,27,28). The Morgan fingerprint density at radius 1 is 1.24 bits per heavy atom.